The number of aliphatic hydroxyl groups is 2. The van der Waals surface area contributed by atoms with Crippen molar-refractivity contribution in [3.63, 3.8) is 0 Å². The Hall–Kier alpha value is -2.72. The number of fused-ring (bicyclic) bond motifs is 3. The molecule has 2 unspecified atom stereocenters. The lowest BCUT2D eigenvalue weighted by molar-refractivity contribution is 0.0849. The zero-order chi connectivity index (χ0) is 18.3. The van der Waals surface area contributed by atoms with Crippen LogP contribution in [0.2, 0.25) is 0 Å². The fraction of sp³-hybridized carbons (Fsp3) is 0.273. The number of anilines is 1. The van der Waals surface area contributed by atoms with Crippen molar-refractivity contribution in [2.75, 3.05) is 5.06 Å². The van der Waals surface area contributed by atoms with Gasteiger partial charge in [0.1, 0.15) is 6.10 Å². The minimum Gasteiger partial charge on any atom is -0.515 e. The Balaban J connectivity index is 1.61. The van der Waals surface area contributed by atoms with Crippen molar-refractivity contribution >= 4 is 24.3 Å². The molecule has 0 aliphatic carbocycles. The lowest BCUT2D eigenvalue weighted by atomic mass is 9.78. The molecule has 134 valence electrons. The topological polar surface area (TPSA) is 52.9 Å². The van der Waals surface area contributed by atoms with E-state index >= 15 is 0 Å². The van der Waals surface area contributed by atoms with Gasteiger partial charge in [-0.1, -0.05) is 56.3 Å². The van der Waals surface area contributed by atoms with Crippen LogP contribution in [0.15, 0.2) is 48.5 Å². The lowest BCUT2D eigenvalue weighted by Gasteiger charge is -2.26. The van der Waals surface area contributed by atoms with Crippen molar-refractivity contribution < 1.29 is 15.1 Å². The molecule has 1 saturated heterocycles. The summed E-state index contributed by atoms with van der Waals surface area (Å²) in [5.74, 6) is 0. The lowest BCUT2D eigenvalue weighted by Crippen LogP contribution is -2.36. The normalized spacial score (nSPS) is 25.1. The largest absolute Gasteiger partial charge is 0.515 e. The molecule has 4 heteroatoms. The molecule has 1 fully saturated rings. The first-order chi connectivity index (χ1) is 12.5. The summed E-state index contributed by atoms with van der Waals surface area (Å²) in [5.41, 5.74) is 3.43. The average Bonchev–Trinajstić information content (AvgIpc) is 3.14. The minimum atomic E-state index is -0.0357. The smallest absolute Gasteiger partial charge is 0.111 e. The molecule has 0 aromatic heterocycles. The third kappa shape index (κ3) is 2.58. The van der Waals surface area contributed by atoms with E-state index in [9.17, 15) is 10.2 Å². The van der Waals surface area contributed by atoms with E-state index in [1.165, 1.54) is 11.3 Å². The first-order valence-electron chi connectivity index (χ1n) is 8.85. The van der Waals surface area contributed by atoms with Crippen LogP contribution < -0.4 is 15.5 Å². The van der Waals surface area contributed by atoms with Gasteiger partial charge in [0.05, 0.1) is 24.3 Å². The van der Waals surface area contributed by atoms with E-state index in [1.54, 1.807) is 6.07 Å². The number of nitrogens with zero attached hydrogens (tertiary/aromatic N) is 1. The van der Waals surface area contributed by atoms with Gasteiger partial charge in [-0.15, -0.1) is 0 Å². The number of hydrogen-bond acceptors (Lipinski definition) is 4. The molecule has 2 atom stereocenters. The number of para-hydroxylation sites is 1. The van der Waals surface area contributed by atoms with E-state index in [2.05, 4.69) is 43.2 Å². The maximum atomic E-state index is 9.33. The number of hydroxylamine groups is 1. The van der Waals surface area contributed by atoms with Crippen molar-refractivity contribution in [1.82, 2.24) is 0 Å². The Kier molecular flexibility index (Phi) is 4.00. The van der Waals surface area contributed by atoms with Crippen LogP contribution in [0.1, 0.15) is 25.0 Å². The van der Waals surface area contributed by atoms with Crippen molar-refractivity contribution in [3.8, 4) is 0 Å². The second-order valence-electron chi connectivity index (χ2n) is 7.53. The van der Waals surface area contributed by atoms with E-state index in [0.717, 1.165) is 24.5 Å². The molecule has 0 amide bonds. The van der Waals surface area contributed by atoms with Crippen molar-refractivity contribution in [2.24, 2.45) is 5.41 Å². The van der Waals surface area contributed by atoms with E-state index in [-0.39, 0.29) is 11.5 Å². The Bertz CT molecular complexity index is 977. The van der Waals surface area contributed by atoms with Crippen LogP contribution in [-0.2, 0) is 11.3 Å². The number of rotatable bonds is 2. The summed E-state index contributed by atoms with van der Waals surface area (Å²) in [6.07, 6.45) is 7.05. The summed E-state index contributed by atoms with van der Waals surface area (Å²) in [6.45, 7) is 4.49. The first-order valence-corrected chi connectivity index (χ1v) is 8.85. The van der Waals surface area contributed by atoms with E-state index < -0.39 is 0 Å². The van der Waals surface area contributed by atoms with Crippen LogP contribution >= 0.6 is 0 Å². The Morgan fingerprint density at radius 1 is 1.08 bits per heavy atom. The summed E-state index contributed by atoms with van der Waals surface area (Å²) in [4.78, 5) is 6.29. The fourth-order valence-electron chi connectivity index (χ4n) is 3.91. The van der Waals surface area contributed by atoms with E-state index in [0.29, 0.717) is 16.5 Å². The third-order valence-corrected chi connectivity index (χ3v) is 5.60. The SMILES string of the molecule is CC1(C)C(C=Cc2ccc(=CO)c(=CO)c2)ON2c3ccccc3CC21. The molecule has 4 rings (SSSR count). The second kappa shape index (κ2) is 6.22. The van der Waals surface area contributed by atoms with Crippen LogP contribution in [0.3, 0.4) is 0 Å². The molecule has 2 aromatic carbocycles. The maximum absolute atomic E-state index is 9.33. The molecule has 2 aliphatic rings. The van der Waals surface area contributed by atoms with Crippen LogP contribution in [0, 0.1) is 5.41 Å². The second-order valence-corrected chi connectivity index (χ2v) is 7.53. The van der Waals surface area contributed by atoms with Gasteiger partial charge in [-0.3, -0.25) is 4.84 Å². The molecular formula is C22H23NO3. The molecule has 0 spiro atoms. The molecular weight excluding hydrogens is 326 g/mol. The molecule has 2 aromatic rings. The highest BCUT2D eigenvalue weighted by molar-refractivity contribution is 5.59. The van der Waals surface area contributed by atoms with E-state index in [1.807, 2.05) is 24.3 Å². The summed E-state index contributed by atoms with van der Waals surface area (Å²) in [5, 5.41) is 21.7. The molecule has 2 heterocycles. The highest BCUT2D eigenvalue weighted by atomic mass is 16.7. The minimum absolute atomic E-state index is 0.0275. The average molecular weight is 349 g/mol. The van der Waals surface area contributed by atoms with Crippen LogP contribution in [0.25, 0.3) is 18.6 Å². The molecule has 0 bridgehead atoms. The summed E-state index contributed by atoms with van der Waals surface area (Å²) < 4.78 is 0. The van der Waals surface area contributed by atoms with Crippen LogP contribution in [0.5, 0.6) is 0 Å². The van der Waals surface area contributed by atoms with Gasteiger partial charge < -0.3 is 10.2 Å². The number of benzene rings is 2. The van der Waals surface area contributed by atoms with Gasteiger partial charge in [-0.25, -0.2) is 5.06 Å². The Morgan fingerprint density at radius 2 is 1.85 bits per heavy atom. The third-order valence-electron chi connectivity index (χ3n) is 5.60. The fourth-order valence-corrected chi connectivity index (χ4v) is 3.91. The van der Waals surface area contributed by atoms with Crippen LogP contribution in [-0.4, -0.2) is 22.4 Å². The molecule has 26 heavy (non-hydrogen) atoms. The van der Waals surface area contributed by atoms with Crippen molar-refractivity contribution in [1.29, 1.82) is 0 Å². The standard InChI is InChI=1S/C22H23NO3/c1-22(2)20-12-16-5-3-4-6-19(16)23(20)26-21(22)10-8-15-7-9-17(13-24)18(11-15)14-25/h3-11,13-14,20-21,24-25H,12H2,1-2H3. The summed E-state index contributed by atoms with van der Waals surface area (Å²) >= 11 is 0. The molecule has 4 nitrogen and oxygen atoms in total. The van der Waals surface area contributed by atoms with Gasteiger partial charge in [0.25, 0.3) is 0 Å². The predicted molar refractivity (Wildman–Crippen MR) is 104 cm³/mol. The van der Waals surface area contributed by atoms with E-state index in [4.69, 9.17) is 4.84 Å². The summed E-state index contributed by atoms with van der Waals surface area (Å²) in [6, 6.07) is 14.2. The molecule has 2 aliphatic heterocycles. The van der Waals surface area contributed by atoms with Crippen molar-refractivity contribution in [3.05, 3.63) is 70.1 Å². The summed E-state index contributed by atoms with van der Waals surface area (Å²) in [7, 11) is 0. The van der Waals surface area contributed by atoms with Crippen molar-refractivity contribution in [2.45, 2.75) is 32.4 Å². The Labute approximate surface area is 152 Å². The number of aliphatic hydroxyl groups excluding tert-OH is 2. The number of hydrogen-bond donors (Lipinski definition) is 2. The monoisotopic (exact) mass is 349 g/mol. The zero-order valence-corrected chi connectivity index (χ0v) is 15.0. The van der Waals surface area contributed by atoms with Gasteiger partial charge in [0, 0.05) is 15.9 Å². The van der Waals surface area contributed by atoms with Gasteiger partial charge in [0.15, 0.2) is 0 Å². The first kappa shape index (κ1) is 16.7. The van der Waals surface area contributed by atoms with Gasteiger partial charge in [0.2, 0.25) is 0 Å². The van der Waals surface area contributed by atoms with Gasteiger partial charge in [-0.2, -0.15) is 0 Å². The highest BCUT2D eigenvalue weighted by Gasteiger charge is 2.51. The van der Waals surface area contributed by atoms with Crippen LogP contribution in [0.4, 0.5) is 5.69 Å². The molecule has 0 radical (unpaired) electrons. The maximum Gasteiger partial charge on any atom is 0.111 e. The molecule has 2 N–H and O–H groups in total. The zero-order valence-electron chi connectivity index (χ0n) is 15.0. The predicted octanol–water partition coefficient (Wildman–Crippen LogP) is 3.06. The Morgan fingerprint density at radius 3 is 2.62 bits per heavy atom. The van der Waals surface area contributed by atoms with Gasteiger partial charge in [-0.05, 0) is 29.7 Å². The quantitative estimate of drug-likeness (QED) is 0.875. The van der Waals surface area contributed by atoms with Gasteiger partial charge >= 0.3 is 0 Å². The highest BCUT2D eigenvalue weighted by Crippen LogP contribution is 2.48. The molecule has 0 saturated carbocycles.